The fraction of sp³-hybridized carbons (Fsp3) is 0.300. The first kappa shape index (κ1) is 23.8. The summed E-state index contributed by atoms with van der Waals surface area (Å²) in [5.41, 5.74) is 3.52. The van der Waals surface area contributed by atoms with Crippen LogP contribution >= 0.6 is 0 Å². The lowest BCUT2D eigenvalue weighted by Crippen LogP contribution is -2.47. The van der Waals surface area contributed by atoms with E-state index in [1.165, 1.54) is 5.56 Å². The molecule has 0 aliphatic carbocycles. The second-order valence-corrected chi connectivity index (χ2v) is 8.88. The van der Waals surface area contributed by atoms with Crippen LogP contribution in [-0.4, -0.2) is 48.5 Å². The summed E-state index contributed by atoms with van der Waals surface area (Å²) in [6.07, 6.45) is 6.64. The second kappa shape index (κ2) is 12.2. The molecule has 1 aliphatic rings. The van der Waals surface area contributed by atoms with Crippen molar-refractivity contribution in [3.8, 4) is 5.75 Å². The third kappa shape index (κ3) is 6.82. The van der Waals surface area contributed by atoms with E-state index in [1.807, 2.05) is 42.5 Å². The Bertz CT molecular complexity index is 1040. The molecule has 1 aliphatic heterocycles. The lowest BCUT2D eigenvalue weighted by Gasteiger charge is -2.38. The Labute approximate surface area is 203 Å². The molecule has 1 saturated heterocycles. The van der Waals surface area contributed by atoms with Gasteiger partial charge < -0.3 is 9.64 Å². The molecule has 3 aromatic carbocycles. The van der Waals surface area contributed by atoms with Crippen LogP contribution in [0.1, 0.15) is 29.5 Å². The standard InChI is InChI=1S/C30H34N2O2/c1-34-29-16-14-26(15-17-29)23-30(33)32(20-8-13-25-9-4-2-5-10-25)28-18-21-31(22-19-28)24-27-11-6-3-7-12-27/h2-17,28H,18-24H2,1H3/b13-8-. The number of likely N-dealkylation sites (tertiary alicyclic amines) is 1. The summed E-state index contributed by atoms with van der Waals surface area (Å²) >= 11 is 0. The minimum atomic E-state index is 0.185. The smallest absolute Gasteiger partial charge is 0.227 e. The number of benzene rings is 3. The van der Waals surface area contributed by atoms with Gasteiger partial charge in [0.05, 0.1) is 13.5 Å². The summed E-state index contributed by atoms with van der Waals surface area (Å²) in [5.74, 6) is 0.994. The highest BCUT2D eigenvalue weighted by atomic mass is 16.5. The number of rotatable bonds is 9. The SMILES string of the molecule is COc1ccc(CC(=O)N(C/C=C\c2ccccc2)C2CCN(Cc3ccccc3)CC2)cc1. The van der Waals surface area contributed by atoms with E-state index in [4.69, 9.17) is 4.74 Å². The number of nitrogens with zero attached hydrogens (tertiary/aromatic N) is 2. The summed E-state index contributed by atoms with van der Waals surface area (Å²) in [6, 6.07) is 29.0. The number of carbonyl (C=O) groups is 1. The van der Waals surface area contributed by atoms with Crippen LogP contribution in [0.2, 0.25) is 0 Å². The maximum atomic E-state index is 13.4. The van der Waals surface area contributed by atoms with Crippen molar-refractivity contribution < 1.29 is 9.53 Å². The Morgan fingerprint density at radius 3 is 2.21 bits per heavy atom. The highest BCUT2D eigenvalue weighted by Gasteiger charge is 2.27. The second-order valence-electron chi connectivity index (χ2n) is 8.88. The van der Waals surface area contributed by atoms with Crippen molar-refractivity contribution in [2.45, 2.75) is 31.8 Å². The number of hydrogen-bond acceptors (Lipinski definition) is 3. The first-order valence-corrected chi connectivity index (χ1v) is 12.1. The lowest BCUT2D eigenvalue weighted by molar-refractivity contribution is -0.133. The van der Waals surface area contributed by atoms with Gasteiger partial charge in [-0.2, -0.15) is 0 Å². The summed E-state index contributed by atoms with van der Waals surface area (Å²) in [6.45, 7) is 3.62. The summed E-state index contributed by atoms with van der Waals surface area (Å²) in [7, 11) is 1.66. The van der Waals surface area contributed by atoms with Crippen molar-refractivity contribution in [2.24, 2.45) is 0 Å². The van der Waals surface area contributed by atoms with Gasteiger partial charge in [0.2, 0.25) is 5.91 Å². The van der Waals surface area contributed by atoms with E-state index in [2.05, 4.69) is 64.4 Å². The molecule has 1 fully saturated rings. The normalized spacial score (nSPS) is 14.9. The van der Waals surface area contributed by atoms with E-state index in [0.29, 0.717) is 13.0 Å². The van der Waals surface area contributed by atoms with Crippen LogP contribution in [-0.2, 0) is 17.8 Å². The molecule has 0 radical (unpaired) electrons. The van der Waals surface area contributed by atoms with Crippen LogP contribution in [0.4, 0.5) is 0 Å². The van der Waals surface area contributed by atoms with Crippen molar-refractivity contribution in [3.05, 3.63) is 108 Å². The third-order valence-corrected chi connectivity index (χ3v) is 6.49. The Morgan fingerprint density at radius 1 is 0.912 bits per heavy atom. The van der Waals surface area contributed by atoms with Crippen molar-refractivity contribution in [2.75, 3.05) is 26.7 Å². The van der Waals surface area contributed by atoms with E-state index < -0.39 is 0 Å². The number of methoxy groups -OCH3 is 1. The van der Waals surface area contributed by atoms with Crippen molar-refractivity contribution in [1.82, 2.24) is 9.80 Å². The van der Waals surface area contributed by atoms with Gasteiger partial charge in [-0.1, -0.05) is 84.9 Å². The predicted molar refractivity (Wildman–Crippen MR) is 139 cm³/mol. The van der Waals surface area contributed by atoms with Gasteiger partial charge in [0.1, 0.15) is 5.75 Å². The van der Waals surface area contributed by atoms with Gasteiger partial charge in [-0.3, -0.25) is 9.69 Å². The van der Waals surface area contributed by atoms with Crippen LogP contribution in [0.5, 0.6) is 5.75 Å². The summed E-state index contributed by atoms with van der Waals surface area (Å²) < 4.78 is 5.26. The van der Waals surface area contributed by atoms with Crippen LogP contribution in [0.3, 0.4) is 0 Å². The van der Waals surface area contributed by atoms with Gasteiger partial charge >= 0.3 is 0 Å². The maximum absolute atomic E-state index is 13.4. The first-order chi connectivity index (χ1) is 16.7. The van der Waals surface area contributed by atoms with Crippen molar-refractivity contribution >= 4 is 12.0 Å². The minimum absolute atomic E-state index is 0.185. The zero-order valence-electron chi connectivity index (χ0n) is 20.0. The van der Waals surface area contributed by atoms with Gasteiger partial charge in [-0.25, -0.2) is 0 Å². The van der Waals surface area contributed by atoms with Gasteiger partial charge in [0.25, 0.3) is 0 Å². The molecule has 4 rings (SSSR count). The molecule has 0 bridgehead atoms. The number of hydrogen-bond donors (Lipinski definition) is 0. The zero-order valence-corrected chi connectivity index (χ0v) is 20.0. The van der Waals surface area contributed by atoms with E-state index in [9.17, 15) is 4.79 Å². The molecule has 4 heteroatoms. The third-order valence-electron chi connectivity index (χ3n) is 6.49. The Hall–Kier alpha value is -3.37. The molecular weight excluding hydrogens is 420 g/mol. The average molecular weight is 455 g/mol. The zero-order chi connectivity index (χ0) is 23.6. The molecular formula is C30H34N2O2. The molecule has 0 aromatic heterocycles. The molecule has 0 saturated carbocycles. The quantitative estimate of drug-likeness (QED) is 0.431. The van der Waals surface area contributed by atoms with E-state index in [-0.39, 0.29) is 11.9 Å². The molecule has 0 unspecified atom stereocenters. The summed E-state index contributed by atoms with van der Waals surface area (Å²) in [4.78, 5) is 18.0. The monoisotopic (exact) mass is 454 g/mol. The Balaban J connectivity index is 1.41. The molecule has 34 heavy (non-hydrogen) atoms. The van der Waals surface area contributed by atoms with Gasteiger partial charge in [0, 0.05) is 32.2 Å². The fourth-order valence-corrected chi connectivity index (χ4v) is 4.57. The van der Waals surface area contributed by atoms with Gasteiger partial charge in [-0.05, 0) is 41.7 Å². The van der Waals surface area contributed by atoms with E-state index in [1.54, 1.807) is 7.11 Å². The van der Waals surface area contributed by atoms with E-state index >= 15 is 0 Å². The molecule has 0 atom stereocenters. The average Bonchev–Trinajstić information content (AvgIpc) is 2.89. The lowest BCUT2D eigenvalue weighted by atomic mass is 10.0. The highest BCUT2D eigenvalue weighted by molar-refractivity contribution is 5.79. The Morgan fingerprint density at radius 2 is 1.56 bits per heavy atom. The Kier molecular flexibility index (Phi) is 8.53. The molecule has 4 nitrogen and oxygen atoms in total. The number of piperidine rings is 1. The van der Waals surface area contributed by atoms with Crippen LogP contribution in [0, 0.1) is 0 Å². The molecule has 176 valence electrons. The van der Waals surface area contributed by atoms with Crippen LogP contribution < -0.4 is 4.74 Å². The summed E-state index contributed by atoms with van der Waals surface area (Å²) in [5, 5.41) is 0. The largest absolute Gasteiger partial charge is 0.497 e. The van der Waals surface area contributed by atoms with Gasteiger partial charge in [-0.15, -0.1) is 0 Å². The molecule has 1 amide bonds. The molecule has 0 spiro atoms. The fourth-order valence-electron chi connectivity index (χ4n) is 4.57. The van der Waals surface area contributed by atoms with Crippen molar-refractivity contribution in [1.29, 1.82) is 0 Å². The first-order valence-electron chi connectivity index (χ1n) is 12.1. The molecule has 0 N–H and O–H groups in total. The van der Waals surface area contributed by atoms with Crippen molar-refractivity contribution in [3.63, 3.8) is 0 Å². The number of amides is 1. The maximum Gasteiger partial charge on any atom is 0.227 e. The predicted octanol–water partition coefficient (Wildman–Crippen LogP) is 5.44. The number of ether oxygens (including phenoxy) is 1. The van der Waals surface area contributed by atoms with Gasteiger partial charge in [0.15, 0.2) is 0 Å². The topological polar surface area (TPSA) is 32.8 Å². The molecule has 1 heterocycles. The molecule has 3 aromatic rings. The van der Waals surface area contributed by atoms with Crippen LogP contribution in [0.25, 0.3) is 6.08 Å². The highest BCUT2D eigenvalue weighted by Crippen LogP contribution is 2.21. The van der Waals surface area contributed by atoms with Crippen LogP contribution in [0.15, 0.2) is 91.0 Å². The van der Waals surface area contributed by atoms with E-state index in [0.717, 1.165) is 49.4 Å². The number of carbonyl (C=O) groups excluding carboxylic acids is 1. The minimum Gasteiger partial charge on any atom is -0.497 e.